The standard InChI is InChI=1S/C17H35NO/c1-8-16(3,4)14-11-10-13(19)12-15(14)18(7)17(5,6)9-2/h13-15,19H,8-12H2,1-7H3. The molecule has 0 aliphatic heterocycles. The van der Waals surface area contributed by atoms with Crippen LogP contribution in [0, 0.1) is 11.3 Å². The summed E-state index contributed by atoms with van der Waals surface area (Å²) in [6.07, 6.45) is 5.33. The van der Waals surface area contributed by atoms with Gasteiger partial charge in [0.25, 0.3) is 0 Å². The molecule has 3 unspecified atom stereocenters. The van der Waals surface area contributed by atoms with Crippen molar-refractivity contribution in [2.75, 3.05) is 7.05 Å². The Bertz CT molecular complexity index is 285. The second kappa shape index (κ2) is 6.13. The molecule has 0 bridgehead atoms. The molecule has 3 atom stereocenters. The number of hydrogen-bond acceptors (Lipinski definition) is 2. The molecular weight excluding hydrogens is 234 g/mol. The Hall–Kier alpha value is -0.0800. The maximum absolute atomic E-state index is 10.1. The SMILES string of the molecule is CCC(C)(C)C1CCC(O)CC1N(C)C(C)(C)CC. The first kappa shape index (κ1) is 17.0. The van der Waals surface area contributed by atoms with Gasteiger partial charge < -0.3 is 5.11 Å². The van der Waals surface area contributed by atoms with Crippen molar-refractivity contribution in [1.82, 2.24) is 4.90 Å². The van der Waals surface area contributed by atoms with Gasteiger partial charge >= 0.3 is 0 Å². The zero-order chi connectivity index (χ0) is 14.8. The molecule has 2 heteroatoms. The molecule has 114 valence electrons. The second-order valence-electron chi connectivity index (χ2n) is 7.76. The normalized spacial score (nSPS) is 29.8. The van der Waals surface area contributed by atoms with Crippen LogP contribution in [0.5, 0.6) is 0 Å². The Morgan fingerprint density at radius 1 is 1.05 bits per heavy atom. The molecule has 0 saturated heterocycles. The minimum Gasteiger partial charge on any atom is -0.393 e. The van der Waals surface area contributed by atoms with Crippen LogP contribution in [0.1, 0.15) is 73.6 Å². The highest BCUT2D eigenvalue weighted by molar-refractivity contribution is 4.96. The molecule has 0 aromatic rings. The average Bonchev–Trinajstić information content (AvgIpc) is 2.37. The predicted octanol–water partition coefficient (Wildman–Crippen LogP) is 4.07. The van der Waals surface area contributed by atoms with Crippen LogP contribution >= 0.6 is 0 Å². The molecular formula is C17H35NO. The molecule has 1 aliphatic carbocycles. The summed E-state index contributed by atoms with van der Waals surface area (Å²) in [5.74, 6) is 0.691. The fourth-order valence-corrected chi connectivity index (χ4v) is 3.43. The monoisotopic (exact) mass is 269 g/mol. The molecule has 0 aromatic carbocycles. The lowest BCUT2D eigenvalue weighted by molar-refractivity contribution is -0.0428. The predicted molar refractivity (Wildman–Crippen MR) is 83.3 cm³/mol. The highest BCUT2D eigenvalue weighted by Crippen LogP contribution is 2.44. The maximum atomic E-state index is 10.1. The smallest absolute Gasteiger partial charge is 0.0555 e. The highest BCUT2D eigenvalue weighted by Gasteiger charge is 2.42. The van der Waals surface area contributed by atoms with Crippen LogP contribution < -0.4 is 0 Å². The summed E-state index contributed by atoms with van der Waals surface area (Å²) in [5, 5.41) is 10.1. The van der Waals surface area contributed by atoms with E-state index in [4.69, 9.17) is 0 Å². The lowest BCUT2D eigenvalue weighted by Crippen LogP contribution is -2.55. The largest absolute Gasteiger partial charge is 0.393 e. The number of rotatable bonds is 5. The van der Waals surface area contributed by atoms with E-state index in [2.05, 4.69) is 53.5 Å². The Morgan fingerprint density at radius 2 is 1.63 bits per heavy atom. The molecule has 0 heterocycles. The van der Waals surface area contributed by atoms with Gasteiger partial charge in [-0.15, -0.1) is 0 Å². The van der Waals surface area contributed by atoms with Gasteiger partial charge in [-0.2, -0.15) is 0 Å². The zero-order valence-electron chi connectivity index (χ0n) is 14.2. The molecule has 1 N–H and O–H groups in total. The minimum atomic E-state index is -0.107. The highest BCUT2D eigenvalue weighted by atomic mass is 16.3. The van der Waals surface area contributed by atoms with Crippen molar-refractivity contribution >= 4 is 0 Å². The van der Waals surface area contributed by atoms with Crippen LogP contribution in [0.4, 0.5) is 0 Å². The molecule has 1 aliphatic rings. The van der Waals surface area contributed by atoms with Gasteiger partial charge in [0.05, 0.1) is 6.10 Å². The number of nitrogens with zero attached hydrogens (tertiary/aromatic N) is 1. The fraction of sp³-hybridized carbons (Fsp3) is 1.00. The van der Waals surface area contributed by atoms with Crippen molar-refractivity contribution in [3.8, 4) is 0 Å². The Kier molecular flexibility index (Phi) is 5.48. The van der Waals surface area contributed by atoms with Crippen molar-refractivity contribution in [1.29, 1.82) is 0 Å². The van der Waals surface area contributed by atoms with E-state index in [1.807, 2.05) is 0 Å². The van der Waals surface area contributed by atoms with Gasteiger partial charge in [0.15, 0.2) is 0 Å². The lowest BCUT2D eigenvalue weighted by atomic mass is 9.65. The summed E-state index contributed by atoms with van der Waals surface area (Å²) >= 11 is 0. The minimum absolute atomic E-state index is 0.107. The second-order valence-corrected chi connectivity index (χ2v) is 7.76. The van der Waals surface area contributed by atoms with E-state index in [0.717, 1.165) is 25.7 Å². The summed E-state index contributed by atoms with van der Waals surface area (Å²) in [6.45, 7) is 14.0. The lowest BCUT2D eigenvalue weighted by Gasteiger charge is -2.51. The quantitative estimate of drug-likeness (QED) is 0.813. The zero-order valence-corrected chi connectivity index (χ0v) is 14.2. The van der Waals surface area contributed by atoms with Crippen LogP contribution in [0.2, 0.25) is 0 Å². The van der Waals surface area contributed by atoms with Gasteiger partial charge in [0.1, 0.15) is 0 Å². The van der Waals surface area contributed by atoms with Crippen molar-refractivity contribution in [3.63, 3.8) is 0 Å². The molecule has 0 amide bonds. The van der Waals surface area contributed by atoms with Crippen LogP contribution in [-0.2, 0) is 0 Å². The van der Waals surface area contributed by atoms with Gasteiger partial charge in [-0.3, -0.25) is 4.90 Å². The van der Waals surface area contributed by atoms with Crippen LogP contribution in [0.3, 0.4) is 0 Å². The van der Waals surface area contributed by atoms with E-state index >= 15 is 0 Å². The third-order valence-electron chi connectivity index (χ3n) is 6.02. The Morgan fingerprint density at radius 3 is 2.11 bits per heavy atom. The third kappa shape index (κ3) is 3.72. The summed E-state index contributed by atoms with van der Waals surface area (Å²) in [6, 6.07) is 0.508. The van der Waals surface area contributed by atoms with Gasteiger partial charge in [0, 0.05) is 11.6 Å². The van der Waals surface area contributed by atoms with E-state index in [-0.39, 0.29) is 11.6 Å². The summed E-state index contributed by atoms with van der Waals surface area (Å²) in [4.78, 5) is 2.54. The fourth-order valence-electron chi connectivity index (χ4n) is 3.43. The van der Waals surface area contributed by atoms with Gasteiger partial charge in [-0.1, -0.05) is 34.1 Å². The molecule has 0 aromatic heterocycles. The van der Waals surface area contributed by atoms with E-state index in [0.29, 0.717) is 17.4 Å². The number of aliphatic hydroxyl groups is 1. The first-order chi connectivity index (χ1) is 8.65. The Labute approximate surface area is 120 Å². The molecule has 0 radical (unpaired) electrons. The third-order valence-corrected chi connectivity index (χ3v) is 6.02. The van der Waals surface area contributed by atoms with E-state index in [9.17, 15) is 5.11 Å². The summed E-state index contributed by atoms with van der Waals surface area (Å²) < 4.78 is 0. The van der Waals surface area contributed by atoms with Crippen molar-refractivity contribution in [2.24, 2.45) is 11.3 Å². The molecule has 0 spiro atoms. The average molecular weight is 269 g/mol. The van der Waals surface area contributed by atoms with Crippen LogP contribution in [-0.4, -0.2) is 34.7 Å². The molecule has 1 saturated carbocycles. The number of hydrogen-bond donors (Lipinski definition) is 1. The molecule has 19 heavy (non-hydrogen) atoms. The van der Waals surface area contributed by atoms with E-state index in [1.54, 1.807) is 0 Å². The van der Waals surface area contributed by atoms with E-state index < -0.39 is 0 Å². The summed E-state index contributed by atoms with van der Waals surface area (Å²) in [7, 11) is 2.25. The molecule has 1 fully saturated rings. The number of aliphatic hydroxyl groups excluding tert-OH is 1. The first-order valence-electron chi connectivity index (χ1n) is 8.06. The van der Waals surface area contributed by atoms with Gasteiger partial charge in [-0.25, -0.2) is 0 Å². The van der Waals surface area contributed by atoms with Crippen molar-refractivity contribution < 1.29 is 5.11 Å². The molecule has 1 rings (SSSR count). The van der Waals surface area contributed by atoms with Gasteiger partial charge in [-0.05, 0) is 57.9 Å². The van der Waals surface area contributed by atoms with Crippen molar-refractivity contribution in [3.05, 3.63) is 0 Å². The van der Waals surface area contributed by atoms with E-state index in [1.165, 1.54) is 6.42 Å². The molecule has 2 nitrogen and oxygen atoms in total. The van der Waals surface area contributed by atoms with Gasteiger partial charge in [0.2, 0.25) is 0 Å². The van der Waals surface area contributed by atoms with Crippen LogP contribution in [0.25, 0.3) is 0 Å². The topological polar surface area (TPSA) is 23.5 Å². The van der Waals surface area contributed by atoms with Crippen molar-refractivity contribution in [2.45, 2.75) is 91.3 Å². The maximum Gasteiger partial charge on any atom is 0.0555 e. The Balaban J connectivity index is 2.96. The first-order valence-corrected chi connectivity index (χ1v) is 8.06. The van der Waals surface area contributed by atoms with Crippen LogP contribution in [0.15, 0.2) is 0 Å². The summed E-state index contributed by atoms with van der Waals surface area (Å²) in [5.41, 5.74) is 0.576.